The van der Waals surface area contributed by atoms with Crippen LogP contribution in [0.25, 0.3) is 0 Å². The van der Waals surface area contributed by atoms with Crippen LogP contribution in [0.5, 0.6) is 0 Å². The fourth-order valence-corrected chi connectivity index (χ4v) is 2.54. The molecule has 1 rings (SSSR count). The minimum Gasteiger partial charge on any atom is -0.463 e. The summed E-state index contributed by atoms with van der Waals surface area (Å²) < 4.78 is 10.3. The summed E-state index contributed by atoms with van der Waals surface area (Å²) in [7, 11) is 0. The van der Waals surface area contributed by atoms with Gasteiger partial charge >= 0.3 is 5.97 Å². The third-order valence-electron chi connectivity index (χ3n) is 4.27. The Labute approximate surface area is 160 Å². The molecule has 0 aromatic rings. The molecule has 0 fully saturated rings. The molecule has 3 N–H and O–H groups in total. The van der Waals surface area contributed by atoms with Gasteiger partial charge in [0, 0.05) is 19.4 Å². The van der Waals surface area contributed by atoms with Crippen molar-refractivity contribution in [2.75, 3.05) is 33.0 Å². The molecule has 0 aromatic heterocycles. The lowest BCUT2D eigenvalue weighted by Crippen LogP contribution is -2.46. The first kappa shape index (κ1) is 23.1. The summed E-state index contributed by atoms with van der Waals surface area (Å²) in [5.41, 5.74) is 0. The minimum atomic E-state index is -0.490. The van der Waals surface area contributed by atoms with Gasteiger partial charge in [-0.25, -0.2) is 0 Å². The summed E-state index contributed by atoms with van der Waals surface area (Å²) >= 11 is 0. The highest BCUT2D eigenvalue weighted by Gasteiger charge is 2.25. The number of ether oxygens (including phenoxy) is 2. The zero-order valence-corrected chi connectivity index (χ0v) is 16.2. The lowest BCUT2D eigenvalue weighted by atomic mass is 9.97. The normalized spacial score (nSPS) is 21.8. The predicted octanol–water partition coefficient (Wildman–Crippen LogP) is 0.542. The highest BCUT2D eigenvalue weighted by atomic mass is 16.5. The van der Waals surface area contributed by atoms with Gasteiger partial charge in [0.05, 0.1) is 31.8 Å². The van der Waals surface area contributed by atoms with Crippen molar-refractivity contribution in [1.29, 1.82) is 0 Å². The lowest BCUT2D eigenvalue weighted by molar-refractivity contribution is -0.145. The maximum Gasteiger partial charge on any atom is 0.306 e. The van der Waals surface area contributed by atoms with Crippen molar-refractivity contribution >= 4 is 17.8 Å². The number of carbonyl (C=O) groups excluding carboxylic acids is 3. The van der Waals surface area contributed by atoms with Crippen molar-refractivity contribution in [2.45, 2.75) is 45.6 Å². The number of cyclic esters (lactones) is 1. The van der Waals surface area contributed by atoms with Crippen LogP contribution < -0.4 is 10.6 Å². The molecular formula is C19H32N2O6. The Morgan fingerprint density at radius 2 is 2.15 bits per heavy atom. The molecule has 0 saturated heterocycles. The Balaban J connectivity index is 2.64. The molecule has 0 aliphatic carbocycles. The lowest BCUT2D eigenvalue weighted by Gasteiger charge is -2.25. The van der Waals surface area contributed by atoms with E-state index in [9.17, 15) is 14.4 Å². The minimum absolute atomic E-state index is 0.0607. The Morgan fingerprint density at radius 3 is 2.85 bits per heavy atom. The summed E-state index contributed by atoms with van der Waals surface area (Å²) in [5, 5.41) is 14.3. The summed E-state index contributed by atoms with van der Waals surface area (Å²) in [5.74, 6) is -1.12. The van der Waals surface area contributed by atoms with Gasteiger partial charge in [0.2, 0.25) is 11.8 Å². The molecule has 0 unspecified atom stereocenters. The van der Waals surface area contributed by atoms with Gasteiger partial charge in [0.25, 0.3) is 0 Å². The number of hydrogen-bond donors (Lipinski definition) is 3. The first-order valence-electron chi connectivity index (χ1n) is 9.50. The number of amides is 2. The molecular weight excluding hydrogens is 352 g/mol. The van der Waals surface area contributed by atoms with Crippen LogP contribution in [-0.4, -0.2) is 61.9 Å². The van der Waals surface area contributed by atoms with E-state index >= 15 is 0 Å². The molecule has 0 bridgehead atoms. The Bertz CT molecular complexity index is 506. The van der Waals surface area contributed by atoms with E-state index in [2.05, 4.69) is 10.6 Å². The van der Waals surface area contributed by atoms with Gasteiger partial charge in [0.1, 0.15) is 6.61 Å². The van der Waals surface area contributed by atoms with Crippen LogP contribution in [0.1, 0.15) is 39.5 Å². The van der Waals surface area contributed by atoms with Crippen LogP contribution >= 0.6 is 0 Å². The predicted molar refractivity (Wildman–Crippen MR) is 99.7 cm³/mol. The van der Waals surface area contributed by atoms with Crippen LogP contribution in [0.3, 0.4) is 0 Å². The van der Waals surface area contributed by atoms with E-state index in [4.69, 9.17) is 14.6 Å². The van der Waals surface area contributed by atoms with Crippen LogP contribution in [-0.2, 0) is 23.9 Å². The van der Waals surface area contributed by atoms with Crippen LogP contribution in [0.2, 0.25) is 0 Å². The fourth-order valence-electron chi connectivity index (χ4n) is 2.54. The topological polar surface area (TPSA) is 114 Å². The third-order valence-corrected chi connectivity index (χ3v) is 4.27. The first-order valence-corrected chi connectivity index (χ1v) is 9.50. The quantitative estimate of drug-likeness (QED) is 0.320. The highest BCUT2D eigenvalue weighted by Crippen LogP contribution is 2.14. The van der Waals surface area contributed by atoms with Gasteiger partial charge in [-0.05, 0) is 18.8 Å². The van der Waals surface area contributed by atoms with Crippen molar-refractivity contribution in [3.63, 3.8) is 0 Å². The van der Waals surface area contributed by atoms with E-state index in [1.165, 1.54) is 0 Å². The van der Waals surface area contributed by atoms with Crippen molar-refractivity contribution in [2.24, 2.45) is 11.8 Å². The second-order valence-electron chi connectivity index (χ2n) is 6.87. The smallest absolute Gasteiger partial charge is 0.306 e. The summed E-state index contributed by atoms with van der Waals surface area (Å²) in [6, 6.07) is -0.290. The molecule has 0 saturated carbocycles. The second-order valence-corrected chi connectivity index (χ2v) is 6.87. The van der Waals surface area contributed by atoms with Crippen molar-refractivity contribution in [1.82, 2.24) is 10.6 Å². The van der Waals surface area contributed by atoms with E-state index in [0.29, 0.717) is 32.4 Å². The fraction of sp³-hybridized carbons (Fsp3) is 0.737. The number of rotatable bonds is 8. The zero-order valence-electron chi connectivity index (χ0n) is 16.2. The average Bonchev–Trinajstić information content (AvgIpc) is 2.62. The Hall–Kier alpha value is -1.93. The number of allylic oxidation sites excluding steroid dienone is 2. The molecule has 154 valence electrons. The Kier molecular flexibility index (Phi) is 11.4. The first-order chi connectivity index (χ1) is 12.9. The summed E-state index contributed by atoms with van der Waals surface area (Å²) in [4.78, 5) is 36.5. The monoisotopic (exact) mass is 384 g/mol. The molecule has 8 nitrogen and oxygen atoms in total. The van der Waals surface area contributed by atoms with Crippen molar-refractivity contribution < 1.29 is 29.0 Å². The number of hydrogen-bond acceptors (Lipinski definition) is 6. The number of esters is 1. The molecule has 27 heavy (non-hydrogen) atoms. The number of aliphatic hydroxyl groups excluding tert-OH is 1. The van der Waals surface area contributed by atoms with Gasteiger partial charge in [-0.15, -0.1) is 0 Å². The van der Waals surface area contributed by atoms with E-state index in [-0.39, 0.29) is 56.0 Å². The largest absolute Gasteiger partial charge is 0.463 e. The molecule has 2 amide bonds. The molecule has 0 aromatic carbocycles. The third kappa shape index (κ3) is 10.1. The van der Waals surface area contributed by atoms with Crippen LogP contribution in [0, 0.1) is 11.8 Å². The standard InChI is InChI=1S/C19H32N2O6/c1-14(2)16-13-27-18(24)7-5-3-4-6-15(19(25)21-16)12-17(23)20-8-10-26-11-9-22/h3-4,14-16,22H,5-13H2,1-2H3,(H,20,23)(H,21,25)/t15-,16-/m1/s1. The van der Waals surface area contributed by atoms with Crippen LogP contribution in [0.4, 0.5) is 0 Å². The number of carbonyl (C=O) groups is 3. The van der Waals surface area contributed by atoms with E-state index in [1.54, 1.807) is 0 Å². The van der Waals surface area contributed by atoms with E-state index in [1.807, 2.05) is 26.0 Å². The molecule has 2 atom stereocenters. The average molecular weight is 384 g/mol. The SMILES string of the molecule is CC(C)[C@H]1COC(=O)CCC=CC[C@H](CC(=O)NCCOCCO)C(=O)N1. The zero-order chi connectivity index (χ0) is 20.1. The van der Waals surface area contributed by atoms with Crippen molar-refractivity contribution in [3.8, 4) is 0 Å². The van der Waals surface area contributed by atoms with Gasteiger partial charge in [-0.3, -0.25) is 14.4 Å². The highest BCUT2D eigenvalue weighted by molar-refractivity contribution is 5.86. The molecule has 1 aliphatic rings. The van der Waals surface area contributed by atoms with Gasteiger partial charge in [-0.2, -0.15) is 0 Å². The Morgan fingerprint density at radius 1 is 1.37 bits per heavy atom. The van der Waals surface area contributed by atoms with E-state index < -0.39 is 5.92 Å². The molecule has 1 aliphatic heterocycles. The number of aliphatic hydroxyl groups is 1. The molecule has 0 radical (unpaired) electrons. The van der Waals surface area contributed by atoms with E-state index in [0.717, 1.165) is 0 Å². The number of nitrogens with one attached hydrogen (secondary N) is 2. The molecule has 1 heterocycles. The maximum absolute atomic E-state index is 12.7. The van der Waals surface area contributed by atoms with Crippen LogP contribution in [0.15, 0.2) is 12.2 Å². The molecule has 0 spiro atoms. The van der Waals surface area contributed by atoms with Gasteiger partial charge in [0.15, 0.2) is 0 Å². The summed E-state index contributed by atoms with van der Waals surface area (Å²) in [6.45, 7) is 4.82. The summed E-state index contributed by atoms with van der Waals surface area (Å²) in [6.07, 6.45) is 5.02. The van der Waals surface area contributed by atoms with Crippen molar-refractivity contribution in [3.05, 3.63) is 12.2 Å². The van der Waals surface area contributed by atoms with Gasteiger partial charge < -0.3 is 25.2 Å². The van der Waals surface area contributed by atoms with Gasteiger partial charge in [-0.1, -0.05) is 26.0 Å². The maximum atomic E-state index is 12.7. The second kappa shape index (κ2) is 13.3. The molecule has 8 heteroatoms.